The molecule has 3 aromatic carbocycles. The number of methoxy groups -OCH3 is 1. The van der Waals surface area contributed by atoms with Gasteiger partial charge >= 0.3 is 0 Å². The molecular weight excluding hydrogens is 487 g/mol. The van der Waals surface area contributed by atoms with Crippen LogP contribution in [0.15, 0.2) is 66.7 Å². The lowest BCUT2D eigenvalue weighted by Gasteiger charge is -2.31. The molecule has 0 saturated heterocycles. The van der Waals surface area contributed by atoms with Crippen molar-refractivity contribution in [3.63, 3.8) is 0 Å². The predicted molar refractivity (Wildman–Crippen MR) is 144 cm³/mol. The van der Waals surface area contributed by atoms with E-state index in [0.717, 1.165) is 0 Å². The van der Waals surface area contributed by atoms with Crippen molar-refractivity contribution in [3.05, 3.63) is 89.2 Å². The summed E-state index contributed by atoms with van der Waals surface area (Å²) in [7, 11) is 1.51. The molecule has 0 radical (unpaired) electrons. The molecule has 4 N–H and O–H groups in total. The van der Waals surface area contributed by atoms with E-state index < -0.39 is 11.9 Å². The lowest BCUT2D eigenvalue weighted by molar-refractivity contribution is -0.116. The van der Waals surface area contributed by atoms with Crippen LogP contribution in [0.2, 0.25) is 0 Å². The van der Waals surface area contributed by atoms with E-state index in [2.05, 4.69) is 10.6 Å². The molecule has 9 heteroatoms. The van der Waals surface area contributed by atoms with Crippen LogP contribution in [0.5, 0.6) is 5.75 Å². The summed E-state index contributed by atoms with van der Waals surface area (Å²) in [5.74, 6) is -0.966. The highest BCUT2D eigenvalue weighted by molar-refractivity contribution is 6.12. The quantitative estimate of drug-likeness (QED) is 0.432. The van der Waals surface area contributed by atoms with Gasteiger partial charge in [-0.05, 0) is 66.1 Å². The lowest BCUT2D eigenvalue weighted by Crippen LogP contribution is -2.38. The van der Waals surface area contributed by atoms with Gasteiger partial charge in [0.15, 0.2) is 0 Å². The summed E-state index contributed by atoms with van der Waals surface area (Å²) in [5.41, 5.74) is 7.49. The largest absolute Gasteiger partial charge is 0.497 e. The summed E-state index contributed by atoms with van der Waals surface area (Å²) in [4.78, 5) is 41.4. The van der Waals surface area contributed by atoms with Crippen molar-refractivity contribution in [2.75, 3.05) is 30.4 Å². The van der Waals surface area contributed by atoms with Crippen molar-refractivity contribution in [1.82, 2.24) is 5.32 Å². The SMILES string of the molecule is COc1cccc(C(=O)N2c3ccc(C(=O)NCC(C)(C)CN)cc3NC(=O)CC2c2ccc(F)cc2)c1. The third-order valence-electron chi connectivity index (χ3n) is 6.55. The predicted octanol–water partition coefficient (Wildman–Crippen LogP) is 4.28. The number of hydrogen-bond donors (Lipinski definition) is 3. The number of benzene rings is 3. The van der Waals surface area contributed by atoms with Crippen molar-refractivity contribution < 1.29 is 23.5 Å². The van der Waals surface area contributed by atoms with Gasteiger partial charge in [-0.2, -0.15) is 0 Å². The highest BCUT2D eigenvalue weighted by Crippen LogP contribution is 2.40. The first-order valence-corrected chi connectivity index (χ1v) is 12.3. The summed E-state index contributed by atoms with van der Waals surface area (Å²) < 4.78 is 19.0. The van der Waals surface area contributed by atoms with Crippen LogP contribution in [0, 0.1) is 11.2 Å². The Morgan fingerprint density at radius 2 is 1.84 bits per heavy atom. The fourth-order valence-electron chi connectivity index (χ4n) is 4.22. The topological polar surface area (TPSA) is 114 Å². The Balaban J connectivity index is 1.78. The molecule has 1 heterocycles. The van der Waals surface area contributed by atoms with E-state index in [1.807, 2.05) is 13.8 Å². The zero-order chi connectivity index (χ0) is 27.4. The van der Waals surface area contributed by atoms with E-state index in [4.69, 9.17) is 10.5 Å². The molecule has 1 atom stereocenters. The minimum absolute atomic E-state index is 0.0672. The molecule has 1 unspecified atom stereocenters. The van der Waals surface area contributed by atoms with Crippen LogP contribution in [0.25, 0.3) is 0 Å². The highest BCUT2D eigenvalue weighted by atomic mass is 19.1. The van der Waals surface area contributed by atoms with Crippen LogP contribution in [0.1, 0.15) is 52.6 Å². The molecule has 0 bridgehead atoms. The second kappa shape index (κ2) is 11.0. The molecule has 1 aliphatic heterocycles. The number of nitrogens with zero attached hydrogens (tertiary/aromatic N) is 1. The molecule has 8 nitrogen and oxygen atoms in total. The van der Waals surface area contributed by atoms with Gasteiger partial charge in [-0.25, -0.2) is 4.39 Å². The summed E-state index contributed by atoms with van der Waals surface area (Å²) in [6.07, 6.45) is -0.0672. The summed E-state index contributed by atoms with van der Waals surface area (Å²) in [5, 5.41) is 5.71. The van der Waals surface area contributed by atoms with Crippen LogP contribution < -0.4 is 26.0 Å². The molecule has 4 rings (SSSR count). The average molecular weight is 519 g/mol. The van der Waals surface area contributed by atoms with Gasteiger partial charge < -0.3 is 21.1 Å². The Hall–Kier alpha value is -4.24. The van der Waals surface area contributed by atoms with Crippen LogP contribution in [0.4, 0.5) is 15.8 Å². The minimum Gasteiger partial charge on any atom is -0.497 e. The number of hydrogen-bond acceptors (Lipinski definition) is 5. The van der Waals surface area contributed by atoms with Crippen LogP contribution in [-0.4, -0.2) is 37.9 Å². The van der Waals surface area contributed by atoms with Gasteiger partial charge in [0.1, 0.15) is 11.6 Å². The standard InChI is InChI=1S/C29H31FN4O4/c1-29(2,16-31)17-32-27(36)19-9-12-24-23(14-19)33-26(35)15-25(18-7-10-21(30)11-8-18)34(24)28(37)20-5-4-6-22(13-20)38-3/h4-14,25H,15-17,31H2,1-3H3,(H,32,36)(H,33,35). The van der Waals surface area contributed by atoms with Crippen LogP contribution in [-0.2, 0) is 4.79 Å². The number of rotatable bonds is 7. The molecule has 1 aliphatic rings. The second-order valence-electron chi connectivity index (χ2n) is 10.0. The maximum Gasteiger partial charge on any atom is 0.259 e. The molecular formula is C29H31FN4O4. The average Bonchev–Trinajstić information content (AvgIpc) is 3.06. The molecule has 0 aliphatic carbocycles. The zero-order valence-corrected chi connectivity index (χ0v) is 21.6. The Kier molecular flexibility index (Phi) is 7.78. The molecule has 198 valence electrons. The van der Waals surface area contributed by atoms with Gasteiger partial charge in [0.25, 0.3) is 11.8 Å². The van der Waals surface area contributed by atoms with E-state index >= 15 is 0 Å². The molecule has 3 amide bonds. The number of amides is 3. The van der Waals surface area contributed by atoms with Gasteiger partial charge in [-0.3, -0.25) is 19.3 Å². The fraction of sp³-hybridized carbons (Fsp3) is 0.276. The normalized spacial score (nSPS) is 15.2. The third-order valence-corrected chi connectivity index (χ3v) is 6.55. The highest BCUT2D eigenvalue weighted by Gasteiger charge is 2.35. The van der Waals surface area contributed by atoms with Gasteiger partial charge in [0.2, 0.25) is 5.91 Å². The molecule has 0 saturated carbocycles. The number of anilines is 2. The van der Waals surface area contributed by atoms with Gasteiger partial charge in [0.05, 0.1) is 30.9 Å². The number of nitrogens with two attached hydrogens (primary N) is 1. The minimum atomic E-state index is -0.722. The van der Waals surface area contributed by atoms with Crippen molar-refractivity contribution in [2.45, 2.75) is 26.3 Å². The molecule has 0 spiro atoms. The molecule has 0 fully saturated rings. The Morgan fingerprint density at radius 1 is 1.11 bits per heavy atom. The van der Waals surface area contributed by atoms with E-state index in [1.165, 1.54) is 24.1 Å². The fourth-order valence-corrected chi connectivity index (χ4v) is 4.22. The number of fused-ring (bicyclic) bond motifs is 1. The van der Waals surface area contributed by atoms with E-state index in [0.29, 0.717) is 46.9 Å². The monoisotopic (exact) mass is 518 g/mol. The van der Waals surface area contributed by atoms with E-state index in [1.54, 1.807) is 54.6 Å². The Labute approximate surface area is 221 Å². The van der Waals surface area contributed by atoms with Crippen LogP contribution >= 0.6 is 0 Å². The summed E-state index contributed by atoms with van der Waals surface area (Å²) in [6, 6.07) is 16.5. The lowest BCUT2D eigenvalue weighted by atomic mass is 9.94. The number of ether oxygens (including phenoxy) is 1. The summed E-state index contributed by atoms with van der Waals surface area (Å²) >= 11 is 0. The van der Waals surface area contributed by atoms with Crippen LogP contribution in [0.3, 0.4) is 0 Å². The van der Waals surface area contributed by atoms with Crippen molar-refractivity contribution in [1.29, 1.82) is 0 Å². The first-order valence-electron chi connectivity index (χ1n) is 12.3. The first-order chi connectivity index (χ1) is 18.1. The number of halogens is 1. The maximum atomic E-state index is 14.0. The first kappa shape index (κ1) is 26.8. The molecule has 38 heavy (non-hydrogen) atoms. The van der Waals surface area contributed by atoms with Gasteiger partial charge in [0, 0.05) is 17.7 Å². The number of nitrogens with one attached hydrogen (secondary N) is 2. The van der Waals surface area contributed by atoms with E-state index in [-0.39, 0.29) is 29.6 Å². The Bertz CT molecular complexity index is 1360. The zero-order valence-electron chi connectivity index (χ0n) is 21.6. The van der Waals surface area contributed by atoms with Gasteiger partial charge in [-0.1, -0.05) is 32.0 Å². The smallest absolute Gasteiger partial charge is 0.259 e. The van der Waals surface area contributed by atoms with E-state index in [9.17, 15) is 18.8 Å². The molecule has 3 aromatic rings. The number of carbonyl (C=O) groups is 3. The van der Waals surface area contributed by atoms with Gasteiger partial charge in [-0.15, -0.1) is 0 Å². The van der Waals surface area contributed by atoms with Crippen molar-refractivity contribution >= 4 is 29.1 Å². The number of carbonyl (C=O) groups excluding carboxylic acids is 3. The summed E-state index contributed by atoms with van der Waals surface area (Å²) in [6.45, 7) is 4.67. The maximum absolute atomic E-state index is 14.0. The Morgan fingerprint density at radius 3 is 2.53 bits per heavy atom. The molecule has 0 aromatic heterocycles. The second-order valence-corrected chi connectivity index (χ2v) is 10.0. The van der Waals surface area contributed by atoms with Crippen molar-refractivity contribution in [3.8, 4) is 5.75 Å². The van der Waals surface area contributed by atoms with Crippen molar-refractivity contribution in [2.24, 2.45) is 11.1 Å². The third kappa shape index (κ3) is 5.84.